The highest BCUT2D eigenvalue weighted by Gasteiger charge is 2.28. The number of hydrogen-bond acceptors (Lipinski definition) is 2. The molecule has 3 nitrogen and oxygen atoms in total. The first-order valence-electron chi connectivity index (χ1n) is 8.62. The number of likely N-dealkylation sites (tertiary alicyclic amines) is 1. The van der Waals surface area contributed by atoms with E-state index in [1.165, 1.54) is 38.5 Å². The Labute approximate surface area is 124 Å². The minimum absolute atomic E-state index is 0.284. The molecule has 1 aliphatic rings. The number of nitrogens with zero attached hydrogens (tertiary/aromatic N) is 1. The van der Waals surface area contributed by atoms with Crippen LogP contribution in [0.4, 0.5) is 0 Å². The van der Waals surface area contributed by atoms with Crippen molar-refractivity contribution in [1.82, 2.24) is 4.90 Å². The molecule has 2 atom stereocenters. The van der Waals surface area contributed by atoms with Crippen LogP contribution in [-0.4, -0.2) is 34.6 Å². The second kappa shape index (κ2) is 10.2. The highest BCUT2D eigenvalue weighted by molar-refractivity contribution is 5.76. The molecule has 0 aromatic heterocycles. The lowest BCUT2D eigenvalue weighted by Gasteiger charge is -2.25. The minimum Gasteiger partial charge on any atom is -0.393 e. The predicted molar refractivity (Wildman–Crippen MR) is 83.6 cm³/mol. The zero-order chi connectivity index (χ0) is 14.8. The van der Waals surface area contributed by atoms with E-state index in [0.717, 1.165) is 32.2 Å². The molecule has 1 aliphatic heterocycles. The molecule has 1 fully saturated rings. The second-order valence-corrected chi connectivity index (χ2v) is 6.34. The monoisotopic (exact) mass is 283 g/mol. The Morgan fingerprint density at radius 1 is 1.20 bits per heavy atom. The maximum atomic E-state index is 12.2. The summed E-state index contributed by atoms with van der Waals surface area (Å²) in [6.45, 7) is 4.95. The van der Waals surface area contributed by atoms with Crippen LogP contribution in [0.5, 0.6) is 0 Å². The van der Waals surface area contributed by atoms with Crippen molar-refractivity contribution in [2.24, 2.45) is 0 Å². The molecule has 0 aromatic carbocycles. The van der Waals surface area contributed by atoms with E-state index in [0.29, 0.717) is 12.3 Å². The van der Waals surface area contributed by atoms with Gasteiger partial charge in [0.25, 0.3) is 0 Å². The predicted octanol–water partition coefficient (Wildman–Crippen LogP) is 3.89. The lowest BCUT2D eigenvalue weighted by atomic mass is 10.1. The number of hydrogen-bond donors (Lipinski definition) is 1. The van der Waals surface area contributed by atoms with Crippen molar-refractivity contribution in [1.29, 1.82) is 0 Å². The van der Waals surface area contributed by atoms with Gasteiger partial charge in [-0.15, -0.1) is 0 Å². The van der Waals surface area contributed by atoms with E-state index < -0.39 is 0 Å². The summed E-state index contributed by atoms with van der Waals surface area (Å²) in [5, 5.41) is 9.49. The number of aliphatic hydroxyl groups excluding tert-OH is 1. The van der Waals surface area contributed by atoms with Gasteiger partial charge in [-0.1, -0.05) is 45.4 Å². The van der Waals surface area contributed by atoms with E-state index in [-0.39, 0.29) is 12.1 Å². The Bertz CT molecular complexity index is 266. The van der Waals surface area contributed by atoms with Gasteiger partial charge in [-0.3, -0.25) is 4.79 Å². The van der Waals surface area contributed by atoms with Crippen LogP contribution in [0.2, 0.25) is 0 Å². The summed E-state index contributed by atoms with van der Waals surface area (Å²) >= 11 is 0. The summed E-state index contributed by atoms with van der Waals surface area (Å²) in [7, 11) is 0. The lowest BCUT2D eigenvalue weighted by molar-refractivity contribution is -0.132. The van der Waals surface area contributed by atoms with E-state index in [2.05, 4.69) is 6.92 Å². The number of unbranched alkanes of at least 4 members (excludes halogenated alkanes) is 6. The fourth-order valence-corrected chi connectivity index (χ4v) is 3.18. The number of carbonyl (C=O) groups is 1. The van der Waals surface area contributed by atoms with Crippen LogP contribution in [0.25, 0.3) is 0 Å². The molecule has 0 aromatic rings. The molecule has 0 bridgehead atoms. The van der Waals surface area contributed by atoms with Gasteiger partial charge in [-0.05, 0) is 32.6 Å². The first kappa shape index (κ1) is 17.5. The molecule has 0 spiro atoms. The number of aliphatic hydroxyl groups is 1. The number of rotatable bonds is 10. The zero-order valence-corrected chi connectivity index (χ0v) is 13.4. The Kier molecular flexibility index (Phi) is 8.92. The van der Waals surface area contributed by atoms with Gasteiger partial charge < -0.3 is 10.0 Å². The molecular formula is C17H33NO2. The number of carbonyl (C=O) groups excluding carboxylic acids is 1. The molecule has 0 saturated carbocycles. The summed E-state index contributed by atoms with van der Waals surface area (Å²) in [5.74, 6) is 0.307. The number of amides is 1. The van der Waals surface area contributed by atoms with Crippen molar-refractivity contribution < 1.29 is 9.90 Å². The Morgan fingerprint density at radius 2 is 1.85 bits per heavy atom. The fraction of sp³-hybridized carbons (Fsp3) is 0.941. The van der Waals surface area contributed by atoms with Crippen molar-refractivity contribution in [2.45, 2.75) is 96.6 Å². The molecule has 0 aliphatic carbocycles. The van der Waals surface area contributed by atoms with Crippen LogP contribution in [0.3, 0.4) is 0 Å². The lowest BCUT2D eigenvalue weighted by Crippen LogP contribution is -2.37. The Morgan fingerprint density at radius 3 is 2.50 bits per heavy atom. The molecule has 0 radical (unpaired) electrons. The topological polar surface area (TPSA) is 40.5 Å². The zero-order valence-electron chi connectivity index (χ0n) is 13.4. The minimum atomic E-state index is -0.299. The summed E-state index contributed by atoms with van der Waals surface area (Å²) in [6.07, 6.45) is 12.1. The fourth-order valence-electron chi connectivity index (χ4n) is 3.18. The molecule has 118 valence electrons. The van der Waals surface area contributed by atoms with Crippen LogP contribution >= 0.6 is 0 Å². The quantitative estimate of drug-likeness (QED) is 0.618. The van der Waals surface area contributed by atoms with Gasteiger partial charge in [-0.25, -0.2) is 0 Å². The molecule has 1 N–H and O–H groups in total. The van der Waals surface area contributed by atoms with Gasteiger partial charge in [0.05, 0.1) is 6.10 Å². The first-order valence-corrected chi connectivity index (χ1v) is 8.62. The summed E-state index contributed by atoms with van der Waals surface area (Å²) in [6, 6.07) is 0.284. The van der Waals surface area contributed by atoms with Gasteiger partial charge in [0, 0.05) is 19.0 Å². The molecule has 1 rings (SSSR count). The smallest absolute Gasteiger partial charge is 0.222 e. The van der Waals surface area contributed by atoms with Gasteiger partial charge in [-0.2, -0.15) is 0 Å². The highest BCUT2D eigenvalue weighted by atomic mass is 16.3. The standard InChI is InChI=1S/C17H33NO2/c1-3-4-5-6-7-8-9-12-17(20)18-13-10-11-16(18)14-15(2)19/h15-16,19H,3-14H2,1-2H3. The molecule has 20 heavy (non-hydrogen) atoms. The van der Waals surface area contributed by atoms with Gasteiger partial charge in [0.1, 0.15) is 0 Å². The van der Waals surface area contributed by atoms with Crippen LogP contribution in [0, 0.1) is 0 Å². The van der Waals surface area contributed by atoms with E-state index in [1.807, 2.05) is 11.8 Å². The van der Waals surface area contributed by atoms with Crippen molar-refractivity contribution >= 4 is 5.91 Å². The molecule has 1 amide bonds. The highest BCUT2D eigenvalue weighted by Crippen LogP contribution is 2.23. The van der Waals surface area contributed by atoms with Crippen molar-refractivity contribution in [3.05, 3.63) is 0 Å². The second-order valence-electron chi connectivity index (χ2n) is 6.34. The van der Waals surface area contributed by atoms with Crippen molar-refractivity contribution in [2.75, 3.05) is 6.54 Å². The van der Waals surface area contributed by atoms with Crippen molar-refractivity contribution in [3.63, 3.8) is 0 Å². The van der Waals surface area contributed by atoms with E-state index in [1.54, 1.807) is 0 Å². The molecule has 2 unspecified atom stereocenters. The maximum absolute atomic E-state index is 12.2. The third-order valence-corrected chi connectivity index (χ3v) is 4.30. The third kappa shape index (κ3) is 6.74. The van der Waals surface area contributed by atoms with E-state index in [4.69, 9.17) is 0 Å². The average molecular weight is 283 g/mol. The summed E-state index contributed by atoms with van der Waals surface area (Å²) in [4.78, 5) is 14.2. The normalized spacial score (nSPS) is 20.4. The summed E-state index contributed by atoms with van der Waals surface area (Å²) < 4.78 is 0. The molecule has 3 heteroatoms. The van der Waals surface area contributed by atoms with E-state index in [9.17, 15) is 9.90 Å². The van der Waals surface area contributed by atoms with Crippen LogP contribution in [-0.2, 0) is 4.79 Å². The molecular weight excluding hydrogens is 250 g/mol. The summed E-state index contributed by atoms with van der Waals surface area (Å²) in [5.41, 5.74) is 0. The van der Waals surface area contributed by atoms with Gasteiger partial charge in [0.2, 0.25) is 5.91 Å². The first-order chi connectivity index (χ1) is 9.65. The SMILES string of the molecule is CCCCCCCCCC(=O)N1CCCC1CC(C)O. The van der Waals surface area contributed by atoms with Crippen LogP contribution in [0.1, 0.15) is 84.5 Å². The largest absolute Gasteiger partial charge is 0.393 e. The van der Waals surface area contributed by atoms with Crippen LogP contribution in [0.15, 0.2) is 0 Å². The van der Waals surface area contributed by atoms with Crippen molar-refractivity contribution in [3.8, 4) is 0 Å². The van der Waals surface area contributed by atoms with Gasteiger partial charge in [0.15, 0.2) is 0 Å². The third-order valence-electron chi connectivity index (χ3n) is 4.30. The maximum Gasteiger partial charge on any atom is 0.222 e. The van der Waals surface area contributed by atoms with Crippen LogP contribution < -0.4 is 0 Å². The average Bonchev–Trinajstić information content (AvgIpc) is 2.84. The molecule has 1 saturated heterocycles. The molecule has 1 heterocycles. The Hall–Kier alpha value is -0.570. The van der Waals surface area contributed by atoms with Gasteiger partial charge >= 0.3 is 0 Å². The van der Waals surface area contributed by atoms with E-state index >= 15 is 0 Å². The Balaban J connectivity index is 2.12.